The van der Waals surface area contributed by atoms with Gasteiger partial charge in [-0.25, -0.2) is 0 Å². The molecule has 0 bridgehead atoms. The molecule has 0 aliphatic carbocycles. The highest BCUT2D eigenvalue weighted by molar-refractivity contribution is 9.09. The van der Waals surface area contributed by atoms with E-state index < -0.39 is 30.3 Å². The molecule has 0 atom stereocenters. The van der Waals surface area contributed by atoms with Gasteiger partial charge < -0.3 is 15.3 Å². The Morgan fingerprint density at radius 2 is 1.60 bits per heavy atom. The molecule has 0 aliphatic rings. The van der Waals surface area contributed by atoms with Crippen molar-refractivity contribution in [3.63, 3.8) is 0 Å². The molecule has 1 aromatic rings. The van der Waals surface area contributed by atoms with Crippen molar-refractivity contribution in [3.8, 4) is 0 Å². The van der Waals surface area contributed by atoms with E-state index in [1.54, 1.807) is 0 Å². The number of benzene rings is 1. The lowest BCUT2D eigenvalue weighted by molar-refractivity contribution is -0.580. The molecule has 3 N–H and O–H groups in total. The normalized spacial score (nSPS) is 10.4. The first-order valence-corrected chi connectivity index (χ1v) is 6.71. The van der Waals surface area contributed by atoms with Crippen molar-refractivity contribution in [2.75, 3.05) is 25.2 Å². The van der Waals surface area contributed by atoms with Gasteiger partial charge in [0, 0.05) is 10.5 Å². The molecule has 0 aliphatic heterocycles. The molecule has 112 valence electrons. The summed E-state index contributed by atoms with van der Waals surface area (Å²) in [5, 5.41) is 35.6. The lowest BCUT2D eigenvalue weighted by atomic mass is 10.1. The summed E-state index contributed by atoms with van der Waals surface area (Å²) >= 11 is 3.10. The fourth-order valence-electron chi connectivity index (χ4n) is 1.02. The molecule has 8 heteroatoms. The number of carbonyl (C=O) groups excluding carboxylic acids is 1. The Bertz CT molecular complexity index is 413. The van der Waals surface area contributed by atoms with Crippen molar-refractivity contribution in [1.29, 1.82) is 0 Å². The topological polar surface area (TPSA) is 121 Å². The van der Waals surface area contributed by atoms with Crippen LogP contribution >= 0.6 is 15.9 Å². The number of Topliss-reactive ketones (excluding diaryl/α,β-unsaturated/α-hetero) is 1. The maximum Gasteiger partial charge on any atom is 0.289 e. The number of aliphatic hydroxyl groups is 3. The monoisotopic (exact) mass is 349 g/mol. The predicted molar refractivity (Wildman–Crippen MR) is 75.5 cm³/mol. The highest BCUT2D eigenvalue weighted by Gasteiger charge is 2.41. The van der Waals surface area contributed by atoms with E-state index in [0.717, 1.165) is 5.56 Å². The molecule has 0 amide bonds. The molecule has 0 unspecified atom stereocenters. The Morgan fingerprint density at radius 1 is 1.15 bits per heavy atom. The van der Waals surface area contributed by atoms with E-state index in [9.17, 15) is 14.9 Å². The third kappa shape index (κ3) is 5.33. The Hall–Kier alpha value is -1.35. The largest absolute Gasteiger partial charge is 0.389 e. The molecular weight excluding hydrogens is 334 g/mol. The van der Waals surface area contributed by atoms with Gasteiger partial charge in [0.1, 0.15) is 19.8 Å². The van der Waals surface area contributed by atoms with Crippen LogP contribution in [0.25, 0.3) is 0 Å². The molecule has 0 saturated heterocycles. The van der Waals surface area contributed by atoms with Gasteiger partial charge in [-0.2, -0.15) is 0 Å². The molecule has 0 radical (unpaired) electrons. The maximum absolute atomic E-state index is 11.0. The fraction of sp³-hybridized carbons (Fsp3) is 0.417. The molecule has 0 spiro atoms. The first kappa shape index (κ1) is 18.7. The highest BCUT2D eigenvalue weighted by atomic mass is 79.9. The van der Waals surface area contributed by atoms with Crippen LogP contribution in [0.4, 0.5) is 0 Å². The minimum atomic E-state index is -1.99. The summed E-state index contributed by atoms with van der Waals surface area (Å²) in [5.41, 5.74) is -1.22. The quantitative estimate of drug-likeness (QED) is 0.293. The van der Waals surface area contributed by atoms with Gasteiger partial charge in [0.2, 0.25) is 0 Å². The zero-order chi connectivity index (χ0) is 15.6. The van der Waals surface area contributed by atoms with Crippen LogP contribution in [0.2, 0.25) is 0 Å². The second-order valence-corrected chi connectivity index (χ2v) is 4.44. The molecule has 1 aromatic carbocycles. The van der Waals surface area contributed by atoms with Crippen LogP contribution in [-0.2, 0) is 0 Å². The summed E-state index contributed by atoms with van der Waals surface area (Å²) in [4.78, 5) is 20.1. The number of halogens is 1. The standard InChI is InChI=1S/C8H7BrO.C4H9NO5/c9-6-8(10)7-4-2-1-3-5-7;6-1-4(2-7,3-8)5(9)10/h1-5H,6H2;6-8H,1-3H2. The number of alkyl halides is 1. The SMILES string of the molecule is O=C(CBr)c1ccccc1.O=[N+]([O-])C(CO)(CO)CO. The van der Waals surface area contributed by atoms with E-state index in [1.165, 1.54) is 0 Å². The lowest BCUT2D eigenvalue weighted by Gasteiger charge is -2.16. The number of rotatable bonds is 6. The van der Waals surface area contributed by atoms with Gasteiger partial charge >= 0.3 is 0 Å². The maximum atomic E-state index is 11.0. The number of hydrogen-bond acceptors (Lipinski definition) is 6. The van der Waals surface area contributed by atoms with Crippen molar-refractivity contribution in [2.45, 2.75) is 5.54 Å². The summed E-state index contributed by atoms with van der Waals surface area (Å²) in [5.74, 6) is 0.126. The molecule has 0 saturated carbocycles. The average Bonchev–Trinajstić information content (AvgIpc) is 2.50. The summed E-state index contributed by atoms with van der Waals surface area (Å²) in [6, 6.07) is 9.23. The van der Waals surface area contributed by atoms with E-state index in [1.807, 2.05) is 30.3 Å². The van der Waals surface area contributed by atoms with Gasteiger partial charge in [-0.1, -0.05) is 46.3 Å². The van der Waals surface area contributed by atoms with Crippen LogP contribution in [0, 0.1) is 10.1 Å². The van der Waals surface area contributed by atoms with Crippen molar-refractivity contribution >= 4 is 21.7 Å². The van der Waals surface area contributed by atoms with Gasteiger partial charge in [0.15, 0.2) is 5.78 Å². The summed E-state index contributed by atoms with van der Waals surface area (Å²) in [6.45, 7) is -2.60. The van der Waals surface area contributed by atoms with E-state index in [2.05, 4.69) is 15.9 Å². The van der Waals surface area contributed by atoms with Crippen LogP contribution in [0.1, 0.15) is 10.4 Å². The van der Waals surface area contributed by atoms with Gasteiger partial charge in [0.05, 0.1) is 5.33 Å². The number of hydrogen-bond donors (Lipinski definition) is 3. The van der Waals surface area contributed by atoms with E-state index in [-0.39, 0.29) is 5.78 Å². The second kappa shape index (κ2) is 9.54. The van der Waals surface area contributed by atoms with Crippen molar-refractivity contribution in [2.24, 2.45) is 0 Å². The third-order valence-electron chi connectivity index (χ3n) is 2.49. The van der Waals surface area contributed by atoms with E-state index in [0.29, 0.717) is 5.33 Å². The number of carbonyl (C=O) groups is 1. The van der Waals surface area contributed by atoms with Gasteiger partial charge in [-0.15, -0.1) is 0 Å². The number of nitrogens with zero attached hydrogens (tertiary/aromatic N) is 1. The molecule has 20 heavy (non-hydrogen) atoms. The highest BCUT2D eigenvalue weighted by Crippen LogP contribution is 2.05. The van der Waals surface area contributed by atoms with Gasteiger partial charge in [-0.3, -0.25) is 14.9 Å². The Morgan fingerprint density at radius 3 is 1.85 bits per heavy atom. The molecule has 1 rings (SSSR count). The summed E-state index contributed by atoms with van der Waals surface area (Å²) < 4.78 is 0. The van der Waals surface area contributed by atoms with E-state index in [4.69, 9.17) is 15.3 Å². The minimum absolute atomic E-state index is 0.126. The molecule has 0 aromatic heterocycles. The summed E-state index contributed by atoms with van der Waals surface area (Å²) in [7, 11) is 0. The fourth-order valence-corrected chi connectivity index (χ4v) is 1.35. The van der Waals surface area contributed by atoms with Crippen molar-refractivity contribution in [3.05, 3.63) is 46.0 Å². The van der Waals surface area contributed by atoms with Crippen LogP contribution in [0.3, 0.4) is 0 Å². The molecule has 0 heterocycles. The predicted octanol–water partition coefficient (Wildman–Crippen LogP) is 0.243. The first-order valence-electron chi connectivity index (χ1n) is 5.58. The Labute approximate surface area is 124 Å². The van der Waals surface area contributed by atoms with Crippen LogP contribution in [-0.4, -0.2) is 56.7 Å². The van der Waals surface area contributed by atoms with Crippen LogP contribution < -0.4 is 0 Å². The van der Waals surface area contributed by atoms with Crippen molar-refractivity contribution in [1.82, 2.24) is 0 Å². The van der Waals surface area contributed by atoms with Gasteiger partial charge in [-0.05, 0) is 0 Å². The molecule has 7 nitrogen and oxygen atoms in total. The molecule has 0 fully saturated rings. The molecular formula is C12H16BrNO6. The zero-order valence-corrected chi connectivity index (χ0v) is 12.2. The van der Waals surface area contributed by atoms with Crippen LogP contribution in [0.5, 0.6) is 0 Å². The zero-order valence-electron chi connectivity index (χ0n) is 10.6. The van der Waals surface area contributed by atoms with Crippen LogP contribution in [0.15, 0.2) is 30.3 Å². The third-order valence-corrected chi connectivity index (χ3v) is 3.00. The van der Waals surface area contributed by atoms with Crippen molar-refractivity contribution < 1.29 is 25.0 Å². The number of nitro groups is 1. The first-order chi connectivity index (χ1) is 9.47. The van der Waals surface area contributed by atoms with Gasteiger partial charge in [0.25, 0.3) is 5.54 Å². The second-order valence-electron chi connectivity index (χ2n) is 3.88. The number of ketones is 1. The average molecular weight is 350 g/mol. The Kier molecular flexibility index (Phi) is 8.89. The Balaban J connectivity index is 0.000000361. The smallest absolute Gasteiger partial charge is 0.289 e. The van der Waals surface area contributed by atoms with E-state index >= 15 is 0 Å². The lowest BCUT2D eigenvalue weighted by Crippen LogP contribution is -2.49. The minimum Gasteiger partial charge on any atom is -0.389 e. The summed E-state index contributed by atoms with van der Waals surface area (Å²) in [6.07, 6.45) is 0. The number of aliphatic hydroxyl groups excluding tert-OH is 3.